The monoisotopic (exact) mass is 541 g/mol. The van der Waals surface area contributed by atoms with E-state index in [-0.39, 0.29) is 29.5 Å². The average molecular weight is 542 g/mol. The van der Waals surface area contributed by atoms with Gasteiger partial charge in [-0.05, 0) is 79.7 Å². The number of hydrogen-bond acceptors (Lipinski definition) is 7. The first-order valence-corrected chi connectivity index (χ1v) is 13.3. The summed E-state index contributed by atoms with van der Waals surface area (Å²) >= 11 is 14.0. The topological polar surface area (TPSA) is 74.1 Å². The van der Waals surface area contributed by atoms with Gasteiger partial charge in [0.1, 0.15) is 16.9 Å². The summed E-state index contributed by atoms with van der Waals surface area (Å²) in [5, 5.41) is 6.67. The largest absolute Gasteiger partial charge is 0.360 e. The SMILES string of the molecule is C=C(C)Nc1cc(-c2cnsc2)cc([C@H]2C[C@@H](n3ccc4c(Cl)nc(Cl)nc43)[C@@H]3OC(C)(C)O[C@@H]32)c1. The summed E-state index contributed by atoms with van der Waals surface area (Å²) in [6.07, 6.45) is 4.38. The lowest BCUT2D eigenvalue weighted by atomic mass is 9.92. The molecule has 2 fully saturated rings. The van der Waals surface area contributed by atoms with E-state index in [4.69, 9.17) is 32.7 Å². The van der Waals surface area contributed by atoms with Crippen LogP contribution in [0.2, 0.25) is 10.4 Å². The van der Waals surface area contributed by atoms with Gasteiger partial charge in [0.05, 0.1) is 17.5 Å². The minimum atomic E-state index is -0.701. The summed E-state index contributed by atoms with van der Waals surface area (Å²) in [5.74, 6) is -0.614. The zero-order valence-corrected chi connectivity index (χ0v) is 22.4. The summed E-state index contributed by atoms with van der Waals surface area (Å²) in [7, 11) is 0. The smallest absolute Gasteiger partial charge is 0.225 e. The van der Waals surface area contributed by atoms with Crippen molar-refractivity contribution in [3.05, 3.63) is 70.3 Å². The highest BCUT2D eigenvalue weighted by atomic mass is 35.5. The van der Waals surface area contributed by atoms with Crippen LogP contribution in [0.3, 0.4) is 0 Å². The van der Waals surface area contributed by atoms with Crippen molar-refractivity contribution in [1.29, 1.82) is 0 Å². The minimum Gasteiger partial charge on any atom is -0.360 e. The van der Waals surface area contributed by atoms with Crippen LogP contribution in [0, 0.1) is 0 Å². The Labute approximate surface area is 223 Å². The fourth-order valence-electron chi connectivity index (χ4n) is 5.49. The van der Waals surface area contributed by atoms with Crippen LogP contribution in [0.4, 0.5) is 5.69 Å². The average Bonchev–Trinajstić information content (AvgIpc) is 3.56. The van der Waals surface area contributed by atoms with Gasteiger partial charge in [0.2, 0.25) is 5.28 Å². The van der Waals surface area contributed by atoms with Crippen molar-refractivity contribution in [2.75, 3.05) is 5.32 Å². The van der Waals surface area contributed by atoms with Crippen molar-refractivity contribution >= 4 is 51.5 Å². The summed E-state index contributed by atoms with van der Waals surface area (Å²) in [6, 6.07) is 8.44. The van der Waals surface area contributed by atoms with Gasteiger partial charge in [-0.15, -0.1) is 0 Å². The molecule has 10 heteroatoms. The van der Waals surface area contributed by atoms with E-state index in [1.165, 1.54) is 17.1 Å². The second-order valence-corrected chi connectivity index (χ2v) is 11.2. The molecule has 0 unspecified atom stereocenters. The molecule has 0 bridgehead atoms. The lowest BCUT2D eigenvalue weighted by Gasteiger charge is -2.25. The van der Waals surface area contributed by atoms with Crippen LogP contribution in [-0.2, 0) is 9.47 Å². The Morgan fingerprint density at radius 1 is 1.17 bits per heavy atom. The fraction of sp³-hybridized carbons (Fsp3) is 0.346. The van der Waals surface area contributed by atoms with Gasteiger partial charge in [-0.3, -0.25) is 0 Å². The van der Waals surface area contributed by atoms with Gasteiger partial charge in [0, 0.05) is 40.6 Å². The van der Waals surface area contributed by atoms with Gasteiger partial charge < -0.3 is 19.4 Å². The molecule has 4 atom stereocenters. The molecule has 36 heavy (non-hydrogen) atoms. The maximum Gasteiger partial charge on any atom is 0.225 e. The predicted octanol–water partition coefficient (Wildman–Crippen LogP) is 7.06. The van der Waals surface area contributed by atoms with Gasteiger partial charge in [0.25, 0.3) is 0 Å². The predicted molar refractivity (Wildman–Crippen MR) is 144 cm³/mol. The molecule has 0 radical (unpaired) electrons. The van der Waals surface area contributed by atoms with Crippen LogP contribution in [0.25, 0.3) is 22.2 Å². The number of nitrogens with zero attached hydrogens (tertiary/aromatic N) is 4. The number of anilines is 1. The first-order chi connectivity index (χ1) is 17.2. The maximum absolute atomic E-state index is 6.51. The summed E-state index contributed by atoms with van der Waals surface area (Å²) in [6.45, 7) is 9.90. The molecule has 6 rings (SSSR count). The van der Waals surface area contributed by atoms with Gasteiger partial charge in [-0.1, -0.05) is 24.2 Å². The van der Waals surface area contributed by atoms with Crippen LogP contribution >= 0.6 is 34.7 Å². The van der Waals surface area contributed by atoms with Crippen molar-refractivity contribution in [2.45, 2.75) is 57.1 Å². The van der Waals surface area contributed by atoms with Crippen LogP contribution in [0.15, 0.2) is 54.3 Å². The molecule has 1 saturated carbocycles. The second-order valence-electron chi connectivity index (χ2n) is 9.88. The van der Waals surface area contributed by atoms with Crippen molar-refractivity contribution < 1.29 is 9.47 Å². The van der Waals surface area contributed by atoms with E-state index in [2.05, 4.69) is 54.4 Å². The van der Waals surface area contributed by atoms with Crippen molar-refractivity contribution in [3.63, 3.8) is 0 Å². The molecule has 7 nitrogen and oxygen atoms in total. The molecule has 1 aromatic carbocycles. The lowest BCUT2D eigenvalue weighted by molar-refractivity contribution is -0.157. The van der Waals surface area contributed by atoms with E-state index in [0.29, 0.717) is 10.8 Å². The number of nitrogens with one attached hydrogen (secondary N) is 1. The molecule has 0 amide bonds. The molecule has 4 aromatic rings. The van der Waals surface area contributed by atoms with Crippen LogP contribution < -0.4 is 5.32 Å². The Morgan fingerprint density at radius 3 is 2.72 bits per heavy atom. The number of halogens is 2. The van der Waals surface area contributed by atoms with Crippen molar-refractivity contribution in [2.24, 2.45) is 0 Å². The number of allylic oxidation sites excluding steroid dienone is 1. The highest BCUT2D eigenvalue weighted by Crippen LogP contribution is 2.52. The second kappa shape index (κ2) is 8.82. The third-order valence-electron chi connectivity index (χ3n) is 6.80. The van der Waals surface area contributed by atoms with Crippen molar-refractivity contribution in [1.82, 2.24) is 18.9 Å². The Hall–Kier alpha value is -2.49. The van der Waals surface area contributed by atoms with Gasteiger partial charge in [0.15, 0.2) is 5.79 Å². The number of fused-ring (bicyclic) bond motifs is 2. The van der Waals surface area contributed by atoms with E-state index in [1.54, 1.807) is 0 Å². The molecule has 1 N–H and O–H groups in total. The van der Waals surface area contributed by atoms with E-state index in [9.17, 15) is 0 Å². The quantitative estimate of drug-likeness (QED) is 0.215. The van der Waals surface area contributed by atoms with Crippen LogP contribution in [0.5, 0.6) is 0 Å². The molecular weight excluding hydrogens is 517 g/mol. The fourth-order valence-corrected chi connectivity index (χ4v) is 6.47. The Bertz CT molecular complexity index is 1470. The zero-order chi connectivity index (χ0) is 25.2. The molecule has 186 valence electrons. The van der Waals surface area contributed by atoms with E-state index >= 15 is 0 Å². The molecular formula is C26H25Cl2N5O2S. The van der Waals surface area contributed by atoms with Gasteiger partial charge in [-0.2, -0.15) is 4.98 Å². The molecule has 2 aliphatic rings. The number of rotatable bonds is 5. The van der Waals surface area contributed by atoms with E-state index in [1.807, 2.05) is 39.2 Å². The first-order valence-electron chi connectivity index (χ1n) is 11.7. The number of benzene rings is 1. The molecule has 1 aliphatic carbocycles. The molecule has 1 saturated heterocycles. The Kier molecular flexibility index (Phi) is 5.85. The highest BCUT2D eigenvalue weighted by molar-refractivity contribution is 7.03. The standard InChI is InChI=1S/C26H25Cl2N5O2S/c1-13(2)30-17-8-14(16-11-29-36-12-16)7-15(9-17)19-10-20(22-21(19)34-26(3,4)35-22)33-6-5-18-23(27)31-25(28)32-24(18)33/h5-9,11-12,19-22,30H,1,10H2,2-4H3/t19-,20-,21-,22+/m1/s1. The normalized spacial score (nSPS) is 24.8. The van der Waals surface area contributed by atoms with Gasteiger partial charge >= 0.3 is 0 Å². The minimum absolute atomic E-state index is 0.0228. The molecule has 0 spiro atoms. The zero-order valence-electron chi connectivity index (χ0n) is 20.0. The molecule has 4 heterocycles. The highest BCUT2D eigenvalue weighted by Gasteiger charge is 2.55. The van der Waals surface area contributed by atoms with E-state index in [0.717, 1.165) is 34.3 Å². The maximum atomic E-state index is 6.51. The Balaban J connectivity index is 1.45. The Morgan fingerprint density at radius 2 is 1.97 bits per heavy atom. The lowest BCUT2D eigenvalue weighted by Crippen LogP contribution is -2.27. The summed E-state index contributed by atoms with van der Waals surface area (Å²) in [5.41, 5.74) is 5.90. The van der Waals surface area contributed by atoms with Crippen molar-refractivity contribution in [3.8, 4) is 11.1 Å². The number of ether oxygens (including phenoxy) is 2. The van der Waals surface area contributed by atoms with Crippen LogP contribution in [-0.4, -0.2) is 36.9 Å². The third kappa shape index (κ3) is 4.21. The van der Waals surface area contributed by atoms with Crippen LogP contribution in [0.1, 0.15) is 44.7 Å². The third-order valence-corrected chi connectivity index (χ3v) is 7.84. The molecule has 3 aromatic heterocycles. The van der Waals surface area contributed by atoms with Gasteiger partial charge in [-0.25, -0.2) is 9.36 Å². The summed E-state index contributed by atoms with van der Waals surface area (Å²) < 4.78 is 19.4. The summed E-state index contributed by atoms with van der Waals surface area (Å²) in [4.78, 5) is 8.59. The number of hydrogen-bond donors (Lipinski definition) is 1. The first kappa shape index (κ1) is 23.9. The number of aromatic nitrogens is 4. The molecule has 1 aliphatic heterocycles. The van der Waals surface area contributed by atoms with E-state index < -0.39 is 5.79 Å².